The van der Waals surface area contributed by atoms with Crippen LogP contribution in [0, 0.1) is 5.82 Å². The van der Waals surface area contributed by atoms with E-state index < -0.39 is 0 Å². The monoisotopic (exact) mass is 167 g/mol. The Labute approximate surface area is 67.3 Å². The molecule has 0 aliphatic carbocycles. The summed E-state index contributed by atoms with van der Waals surface area (Å²) < 4.78 is 13.7. The van der Waals surface area contributed by atoms with Crippen molar-refractivity contribution in [3.63, 3.8) is 0 Å². The minimum Gasteiger partial charge on any atom is -0.398 e. The predicted molar refractivity (Wildman–Crippen MR) is 46.2 cm³/mol. The van der Waals surface area contributed by atoms with Gasteiger partial charge >= 0.3 is 0 Å². The summed E-state index contributed by atoms with van der Waals surface area (Å²) in [6, 6.07) is 4.64. The van der Waals surface area contributed by atoms with Gasteiger partial charge in [-0.3, -0.25) is 0 Å². The van der Waals surface area contributed by atoms with Gasteiger partial charge in [-0.25, -0.2) is 4.39 Å². The van der Waals surface area contributed by atoms with E-state index in [9.17, 15) is 4.39 Å². The van der Waals surface area contributed by atoms with E-state index >= 15 is 0 Å². The molecule has 2 rings (SSSR count). The molecular formula is C8H6FNS. The maximum absolute atomic E-state index is 12.6. The average Bonchev–Trinajstić information content (AvgIpc) is 2.33. The SMILES string of the molecule is Nc1csc2ccc(F)cc12. The van der Waals surface area contributed by atoms with Gasteiger partial charge in [0.25, 0.3) is 0 Å². The molecule has 0 radical (unpaired) electrons. The minimum absolute atomic E-state index is 0.234. The summed E-state index contributed by atoms with van der Waals surface area (Å²) in [7, 11) is 0. The van der Waals surface area contributed by atoms with Crippen molar-refractivity contribution in [3.05, 3.63) is 29.4 Å². The molecule has 0 unspecified atom stereocenters. The van der Waals surface area contributed by atoms with Crippen LogP contribution in [0.2, 0.25) is 0 Å². The third-order valence-corrected chi connectivity index (χ3v) is 2.55. The maximum Gasteiger partial charge on any atom is 0.123 e. The summed E-state index contributed by atoms with van der Waals surface area (Å²) in [5, 5.41) is 2.64. The zero-order chi connectivity index (χ0) is 7.84. The molecular weight excluding hydrogens is 161 g/mol. The number of benzene rings is 1. The van der Waals surface area contributed by atoms with Gasteiger partial charge in [0.2, 0.25) is 0 Å². The van der Waals surface area contributed by atoms with Crippen LogP contribution in [0.25, 0.3) is 10.1 Å². The van der Waals surface area contributed by atoms with Crippen LogP contribution in [0.5, 0.6) is 0 Å². The molecule has 0 amide bonds. The summed E-state index contributed by atoms with van der Waals surface area (Å²) in [4.78, 5) is 0. The highest BCUT2D eigenvalue weighted by Crippen LogP contribution is 2.27. The Hall–Kier alpha value is -1.09. The summed E-state index contributed by atoms with van der Waals surface area (Å²) in [6.45, 7) is 0. The fourth-order valence-corrected chi connectivity index (χ4v) is 1.85. The molecule has 0 fully saturated rings. The Bertz CT molecular complexity index is 394. The second-order valence-electron chi connectivity index (χ2n) is 2.33. The molecule has 0 spiro atoms. The summed E-state index contributed by atoms with van der Waals surface area (Å²) in [5.41, 5.74) is 6.25. The van der Waals surface area contributed by atoms with E-state index in [0.29, 0.717) is 5.69 Å². The van der Waals surface area contributed by atoms with Gasteiger partial charge in [0.15, 0.2) is 0 Å². The molecule has 56 valence electrons. The lowest BCUT2D eigenvalue weighted by Crippen LogP contribution is -1.80. The molecule has 2 aromatic rings. The average molecular weight is 167 g/mol. The van der Waals surface area contributed by atoms with Crippen LogP contribution in [0.3, 0.4) is 0 Å². The Morgan fingerprint density at radius 3 is 3.00 bits per heavy atom. The van der Waals surface area contributed by atoms with Crippen molar-refractivity contribution in [1.82, 2.24) is 0 Å². The van der Waals surface area contributed by atoms with Crippen molar-refractivity contribution in [2.45, 2.75) is 0 Å². The fourth-order valence-electron chi connectivity index (χ4n) is 1.02. The van der Waals surface area contributed by atoms with E-state index in [-0.39, 0.29) is 5.82 Å². The van der Waals surface area contributed by atoms with Crippen molar-refractivity contribution >= 4 is 27.1 Å². The summed E-state index contributed by atoms with van der Waals surface area (Å²) in [6.07, 6.45) is 0. The first-order valence-corrected chi connectivity index (χ1v) is 4.07. The number of nitrogens with two attached hydrogens (primary N) is 1. The molecule has 0 bridgehead atoms. The lowest BCUT2D eigenvalue weighted by atomic mass is 10.2. The second kappa shape index (κ2) is 2.20. The van der Waals surface area contributed by atoms with E-state index in [1.165, 1.54) is 23.5 Å². The Morgan fingerprint density at radius 1 is 1.36 bits per heavy atom. The first-order valence-electron chi connectivity index (χ1n) is 3.19. The molecule has 0 saturated carbocycles. The van der Waals surface area contributed by atoms with Crippen LogP contribution in [0.15, 0.2) is 23.6 Å². The topological polar surface area (TPSA) is 26.0 Å². The molecule has 11 heavy (non-hydrogen) atoms. The van der Waals surface area contributed by atoms with Crippen molar-refractivity contribution < 1.29 is 4.39 Å². The van der Waals surface area contributed by atoms with Crippen LogP contribution in [0.4, 0.5) is 10.1 Å². The summed E-state index contributed by atoms with van der Waals surface area (Å²) in [5.74, 6) is -0.234. The van der Waals surface area contributed by atoms with Crippen molar-refractivity contribution in [2.75, 3.05) is 5.73 Å². The van der Waals surface area contributed by atoms with Crippen LogP contribution in [-0.2, 0) is 0 Å². The lowest BCUT2D eigenvalue weighted by molar-refractivity contribution is 0.630. The first kappa shape index (κ1) is 6.61. The highest BCUT2D eigenvalue weighted by molar-refractivity contribution is 7.17. The van der Waals surface area contributed by atoms with Gasteiger partial charge in [0.05, 0.1) is 5.69 Å². The van der Waals surface area contributed by atoms with Crippen molar-refractivity contribution in [3.8, 4) is 0 Å². The molecule has 1 aromatic heterocycles. The summed E-state index contributed by atoms with van der Waals surface area (Å²) >= 11 is 1.53. The van der Waals surface area contributed by atoms with Crippen LogP contribution >= 0.6 is 11.3 Å². The zero-order valence-electron chi connectivity index (χ0n) is 5.67. The number of rotatable bonds is 0. The van der Waals surface area contributed by atoms with E-state index in [4.69, 9.17) is 5.73 Å². The van der Waals surface area contributed by atoms with E-state index in [2.05, 4.69) is 0 Å². The van der Waals surface area contributed by atoms with E-state index in [1.807, 2.05) is 5.38 Å². The highest BCUT2D eigenvalue weighted by atomic mass is 32.1. The second-order valence-corrected chi connectivity index (χ2v) is 3.24. The van der Waals surface area contributed by atoms with Gasteiger partial charge in [0, 0.05) is 15.5 Å². The van der Waals surface area contributed by atoms with E-state index in [0.717, 1.165) is 10.1 Å². The lowest BCUT2D eigenvalue weighted by Gasteiger charge is -1.90. The first-order chi connectivity index (χ1) is 5.27. The number of hydrogen-bond donors (Lipinski definition) is 1. The number of fused-ring (bicyclic) bond motifs is 1. The molecule has 0 saturated heterocycles. The molecule has 3 heteroatoms. The zero-order valence-corrected chi connectivity index (χ0v) is 6.49. The largest absolute Gasteiger partial charge is 0.398 e. The smallest absolute Gasteiger partial charge is 0.123 e. The quantitative estimate of drug-likeness (QED) is 0.641. The van der Waals surface area contributed by atoms with Crippen LogP contribution in [-0.4, -0.2) is 0 Å². The van der Waals surface area contributed by atoms with Gasteiger partial charge in [-0.15, -0.1) is 11.3 Å². The molecule has 1 heterocycles. The van der Waals surface area contributed by atoms with E-state index in [1.54, 1.807) is 6.07 Å². The molecule has 0 aliphatic rings. The van der Waals surface area contributed by atoms with Gasteiger partial charge in [-0.05, 0) is 18.2 Å². The number of halogens is 1. The molecule has 1 aromatic carbocycles. The molecule has 0 atom stereocenters. The predicted octanol–water partition coefficient (Wildman–Crippen LogP) is 2.62. The third-order valence-electron chi connectivity index (χ3n) is 1.57. The molecule has 2 N–H and O–H groups in total. The fraction of sp³-hybridized carbons (Fsp3) is 0. The van der Waals surface area contributed by atoms with Crippen molar-refractivity contribution in [2.24, 2.45) is 0 Å². The molecule has 0 aliphatic heterocycles. The molecule has 1 nitrogen and oxygen atoms in total. The van der Waals surface area contributed by atoms with Crippen molar-refractivity contribution in [1.29, 1.82) is 0 Å². The Balaban J connectivity index is 2.87. The maximum atomic E-state index is 12.6. The van der Waals surface area contributed by atoms with Gasteiger partial charge in [-0.1, -0.05) is 0 Å². The number of hydrogen-bond acceptors (Lipinski definition) is 2. The number of thiophene rings is 1. The normalized spacial score (nSPS) is 10.6. The third kappa shape index (κ3) is 0.973. The van der Waals surface area contributed by atoms with Gasteiger partial charge < -0.3 is 5.73 Å². The van der Waals surface area contributed by atoms with Crippen LogP contribution < -0.4 is 5.73 Å². The highest BCUT2D eigenvalue weighted by Gasteiger charge is 2.00. The van der Waals surface area contributed by atoms with Gasteiger partial charge in [0.1, 0.15) is 5.82 Å². The number of nitrogen functional groups attached to an aromatic ring is 1. The Morgan fingerprint density at radius 2 is 2.18 bits per heavy atom. The minimum atomic E-state index is -0.234. The van der Waals surface area contributed by atoms with Gasteiger partial charge in [-0.2, -0.15) is 0 Å². The standard InChI is InChI=1S/C8H6FNS/c9-5-1-2-8-6(3-5)7(10)4-11-8/h1-4H,10H2. The number of anilines is 1. The Kier molecular flexibility index (Phi) is 1.32. The van der Waals surface area contributed by atoms with Crippen LogP contribution in [0.1, 0.15) is 0 Å².